The Morgan fingerprint density at radius 1 is 1.48 bits per heavy atom. The number of piperidine rings is 1. The van der Waals surface area contributed by atoms with Gasteiger partial charge in [-0.3, -0.25) is 9.59 Å². The first-order valence-corrected chi connectivity index (χ1v) is 8.33. The molecule has 1 heterocycles. The molecule has 7 heteroatoms. The summed E-state index contributed by atoms with van der Waals surface area (Å²) in [7, 11) is 0. The minimum Gasteiger partial charge on any atom is -0.480 e. The van der Waals surface area contributed by atoms with Crippen molar-refractivity contribution in [2.45, 2.75) is 38.8 Å². The normalized spacial score (nSPS) is 19.1. The molecule has 1 saturated heterocycles. The van der Waals surface area contributed by atoms with Gasteiger partial charge in [-0.05, 0) is 53.9 Å². The van der Waals surface area contributed by atoms with Gasteiger partial charge >= 0.3 is 0 Å². The summed E-state index contributed by atoms with van der Waals surface area (Å²) >= 11 is 3.22. The van der Waals surface area contributed by atoms with Crippen molar-refractivity contribution < 1.29 is 18.7 Å². The molecule has 1 fully saturated rings. The van der Waals surface area contributed by atoms with Crippen LogP contribution in [-0.2, 0) is 9.59 Å². The van der Waals surface area contributed by atoms with Crippen LogP contribution in [0.4, 0.5) is 4.39 Å². The highest BCUT2D eigenvalue weighted by Crippen LogP contribution is 2.27. The molecule has 0 radical (unpaired) electrons. The number of likely N-dealkylation sites (tertiary alicyclic amines) is 1. The SMILES string of the molecule is CC(=O)NC1CCCN(C(=O)C(C)Oc2ccc(F)cc2Br)C1. The van der Waals surface area contributed by atoms with Crippen molar-refractivity contribution in [3.8, 4) is 5.75 Å². The fraction of sp³-hybridized carbons (Fsp3) is 0.500. The van der Waals surface area contributed by atoms with E-state index in [0.29, 0.717) is 23.3 Å². The third-order valence-electron chi connectivity index (χ3n) is 3.69. The average molecular weight is 387 g/mol. The summed E-state index contributed by atoms with van der Waals surface area (Å²) in [6.45, 7) is 4.27. The highest BCUT2D eigenvalue weighted by Gasteiger charge is 2.28. The molecule has 126 valence electrons. The predicted octanol–water partition coefficient (Wildman–Crippen LogP) is 2.48. The van der Waals surface area contributed by atoms with Gasteiger partial charge in [-0.2, -0.15) is 0 Å². The number of hydrogen-bond acceptors (Lipinski definition) is 3. The molecule has 23 heavy (non-hydrogen) atoms. The maximum Gasteiger partial charge on any atom is 0.263 e. The maximum atomic E-state index is 13.1. The van der Waals surface area contributed by atoms with Gasteiger partial charge in [0.2, 0.25) is 5.91 Å². The van der Waals surface area contributed by atoms with Crippen LogP contribution in [0.5, 0.6) is 5.75 Å². The molecule has 1 aromatic rings. The molecule has 0 aromatic heterocycles. The van der Waals surface area contributed by atoms with Crippen LogP contribution >= 0.6 is 15.9 Å². The van der Waals surface area contributed by atoms with Gasteiger partial charge in [0.05, 0.1) is 4.47 Å². The van der Waals surface area contributed by atoms with Gasteiger partial charge in [0.1, 0.15) is 11.6 Å². The van der Waals surface area contributed by atoms with Crippen molar-refractivity contribution in [3.05, 3.63) is 28.5 Å². The van der Waals surface area contributed by atoms with Crippen molar-refractivity contribution in [1.82, 2.24) is 10.2 Å². The third-order valence-corrected chi connectivity index (χ3v) is 4.31. The number of nitrogens with zero attached hydrogens (tertiary/aromatic N) is 1. The molecule has 1 aromatic carbocycles. The van der Waals surface area contributed by atoms with Crippen LogP contribution in [0.3, 0.4) is 0 Å². The summed E-state index contributed by atoms with van der Waals surface area (Å²) < 4.78 is 19.2. The quantitative estimate of drug-likeness (QED) is 0.864. The lowest BCUT2D eigenvalue weighted by molar-refractivity contribution is -0.139. The molecule has 2 unspecified atom stereocenters. The van der Waals surface area contributed by atoms with E-state index in [2.05, 4.69) is 21.2 Å². The zero-order valence-corrected chi connectivity index (χ0v) is 14.7. The van der Waals surface area contributed by atoms with Crippen LogP contribution in [0.15, 0.2) is 22.7 Å². The molecular formula is C16H20BrFN2O3. The standard InChI is InChI=1S/C16H20BrFN2O3/c1-10(23-15-6-5-12(18)8-14(15)17)16(22)20-7-3-4-13(9-20)19-11(2)21/h5-6,8,10,13H,3-4,7,9H2,1-2H3,(H,19,21). The molecule has 5 nitrogen and oxygen atoms in total. The predicted molar refractivity (Wildman–Crippen MR) is 87.6 cm³/mol. The molecule has 1 aliphatic rings. The lowest BCUT2D eigenvalue weighted by Gasteiger charge is -2.34. The van der Waals surface area contributed by atoms with E-state index in [1.54, 1.807) is 11.8 Å². The summed E-state index contributed by atoms with van der Waals surface area (Å²) in [4.78, 5) is 25.4. The Morgan fingerprint density at radius 3 is 2.87 bits per heavy atom. The number of rotatable bonds is 4. The number of ether oxygens (including phenoxy) is 1. The number of halogens is 2. The highest BCUT2D eigenvalue weighted by atomic mass is 79.9. The van der Waals surface area contributed by atoms with Crippen LogP contribution in [0.1, 0.15) is 26.7 Å². The van der Waals surface area contributed by atoms with Gasteiger partial charge in [-0.25, -0.2) is 4.39 Å². The largest absolute Gasteiger partial charge is 0.480 e. The number of amides is 2. The van der Waals surface area contributed by atoms with Crippen molar-refractivity contribution in [3.63, 3.8) is 0 Å². The Labute approximate surface area is 143 Å². The van der Waals surface area contributed by atoms with Crippen LogP contribution in [0, 0.1) is 5.82 Å². The summed E-state index contributed by atoms with van der Waals surface area (Å²) in [5.41, 5.74) is 0. The zero-order chi connectivity index (χ0) is 17.0. The molecule has 0 aliphatic carbocycles. The molecule has 1 N–H and O–H groups in total. The fourth-order valence-corrected chi connectivity index (χ4v) is 3.10. The molecule has 0 saturated carbocycles. The van der Waals surface area contributed by atoms with Crippen LogP contribution in [0.2, 0.25) is 0 Å². The van der Waals surface area contributed by atoms with Crippen LogP contribution in [0.25, 0.3) is 0 Å². The van der Waals surface area contributed by atoms with E-state index in [0.717, 1.165) is 12.8 Å². The van der Waals surface area contributed by atoms with Gasteiger partial charge in [0.25, 0.3) is 5.91 Å². The van der Waals surface area contributed by atoms with E-state index in [9.17, 15) is 14.0 Å². The Bertz CT molecular complexity index is 597. The number of carbonyl (C=O) groups excluding carboxylic acids is 2. The number of hydrogen-bond donors (Lipinski definition) is 1. The van der Waals surface area contributed by atoms with E-state index < -0.39 is 6.10 Å². The summed E-state index contributed by atoms with van der Waals surface area (Å²) in [6, 6.07) is 4.04. The molecule has 0 spiro atoms. The smallest absolute Gasteiger partial charge is 0.263 e. The second-order valence-electron chi connectivity index (χ2n) is 5.66. The van der Waals surface area contributed by atoms with Crippen LogP contribution in [-0.4, -0.2) is 41.9 Å². The van der Waals surface area contributed by atoms with Crippen molar-refractivity contribution in [1.29, 1.82) is 0 Å². The van der Waals surface area contributed by atoms with Gasteiger partial charge in [0, 0.05) is 26.1 Å². The maximum absolute atomic E-state index is 13.1. The van der Waals surface area contributed by atoms with Gasteiger partial charge in [0.15, 0.2) is 6.10 Å². The van der Waals surface area contributed by atoms with Gasteiger partial charge < -0.3 is 15.0 Å². The molecule has 0 bridgehead atoms. The molecule has 1 aliphatic heterocycles. The van der Waals surface area contributed by atoms with E-state index in [1.807, 2.05) is 0 Å². The fourth-order valence-electron chi connectivity index (χ4n) is 2.65. The lowest BCUT2D eigenvalue weighted by atomic mass is 10.1. The van der Waals surface area contributed by atoms with Crippen molar-refractivity contribution in [2.75, 3.05) is 13.1 Å². The summed E-state index contributed by atoms with van der Waals surface area (Å²) in [5.74, 6) is -0.194. The first-order valence-electron chi connectivity index (χ1n) is 7.54. The number of nitrogens with one attached hydrogen (secondary N) is 1. The molecule has 2 rings (SSSR count). The van der Waals surface area contributed by atoms with Crippen molar-refractivity contribution in [2.24, 2.45) is 0 Å². The number of benzene rings is 1. The first-order chi connectivity index (χ1) is 10.9. The topological polar surface area (TPSA) is 58.6 Å². The second-order valence-corrected chi connectivity index (χ2v) is 6.51. The minimum atomic E-state index is -0.687. The van der Waals surface area contributed by atoms with E-state index in [4.69, 9.17) is 4.74 Å². The van der Waals surface area contributed by atoms with E-state index >= 15 is 0 Å². The Hall–Kier alpha value is -1.63. The Kier molecular flexibility index (Phi) is 5.98. The first kappa shape index (κ1) is 17.7. The summed E-state index contributed by atoms with van der Waals surface area (Å²) in [6.07, 6.45) is 1.01. The number of carbonyl (C=O) groups is 2. The second kappa shape index (κ2) is 7.77. The van der Waals surface area contributed by atoms with Gasteiger partial charge in [-0.15, -0.1) is 0 Å². The zero-order valence-electron chi connectivity index (χ0n) is 13.1. The monoisotopic (exact) mass is 386 g/mol. The Morgan fingerprint density at radius 2 is 2.22 bits per heavy atom. The molecule has 2 amide bonds. The minimum absolute atomic E-state index is 0.0186. The van der Waals surface area contributed by atoms with Gasteiger partial charge in [-0.1, -0.05) is 0 Å². The highest BCUT2D eigenvalue weighted by molar-refractivity contribution is 9.10. The lowest BCUT2D eigenvalue weighted by Crippen LogP contribution is -2.52. The van der Waals surface area contributed by atoms with Crippen molar-refractivity contribution >= 4 is 27.7 Å². The molecule has 2 atom stereocenters. The van der Waals surface area contributed by atoms with E-state index in [1.165, 1.54) is 25.1 Å². The molecular weight excluding hydrogens is 367 g/mol. The summed E-state index contributed by atoms with van der Waals surface area (Å²) in [5, 5.41) is 2.85. The third kappa shape index (κ3) is 4.92. The Balaban J connectivity index is 1.97. The van der Waals surface area contributed by atoms with Crippen LogP contribution < -0.4 is 10.1 Å². The van der Waals surface area contributed by atoms with E-state index in [-0.39, 0.29) is 23.7 Å². The average Bonchev–Trinajstić information content (AvgIpc) is 2.49.